The van der Waals surface area contributed by atoms with Crippen LogP contribution in [-0.4, -0.2) is 28.9 Å². The van der Waals surface area contributed by atoms with Crippen molar-refractivity contribution in [3.63, 3.8) is 0 Å². The summed E-state index contributed by atoms with van der Waals surface area (Å²) < 4.78 is 11.0. The molecule has 0 atom stereocenters. The third kappa shape index (κ3) is 5.71. The SMILES string of the molecule is COc1cccc(C(=O)N(Cc2csc(COc3cccc(Cl)c3)n2)C(C)C)c1. The minimum absolute atomic E-state index is 0.0292. The standard InChI is InChI=1S/C22H23ClN2O3S/c1-15(2)25(22(26)16-6-4-8-19(10-16)27-3)12-18-14-29-21(24-18)13-28-20-9-5-7-17(23)11-20/h4-11,14-15H,12-13H2,1-3H3. The average Bonchev–Trinajstić information content (AvgIpc) is 3.17. The molecule has 0 N–H and O–H groups in total. The molecule has 0 saturated heterocycles. The predicted octanol–water partition coefficient (Wildman–Crippen LogP) is 5.43. The van der Waals surface area contributed by atoms with Crippen LogP contribution in [0, 0.1) is 0 Å². The summed E-state index contributed by atoms with van der Waals surface area (Å²) in [5.74, 6) is 1.31. The fraction of sp³-hybridized carbons (Fsp3) is 0.273. The van der Waals surface area contributed by atoms with Crippen molar-refractivity contribution in [2.24, 2.45) is 0 Å². The Labute approximate surface area is 179 Å². The Bertz CT molecular complexity index is 974. The molecule has 7 heteroatoms. The van der Waals surface area contributed by atoms with Crippen LogP contribution in [0.4, 0.5) is 0 Å². The summed E-state index contributed by atoms with van der Waals surface area (Å²) in [7, 11) is 1.59. The minimum Gasteiger partial charge on any atom is -0.497 e. The van der Waals surface area contributed by atoms with Crippen molar-refractivity contribution < 1.29 is 14.3 Å². The number of hydrogen-bond donors (Lipinski definition) is 0. The molecular weight excluding hydrogens is 408 g/mol. The van der Waals surface area contributed by atoms with E-state index in [0.29, 0.717) is 35.2 Å². The topological polar surface area (TPSA) is 51.7 Å². The fourth-order valence-corrected chi connectivity index (χ4v) is 3.65. The van der Waals surface area contributed by atoms with Crippen LogP contribution in [-0.2, 0) is 13.2 Å². The Balaban J connectivity index is 1.67. The lowest BCUT2D eigenvalue weighted by Gasteiger charge is -2.26. The smallest absolute Gasteiger partial charge is 0.254 e. The number of halogens is 1. The molecule has 1 aromatic heterocycles. The molecule has 5 nitrogen and oxygen atoms in total. The molecule has 0 aliphatic heterocycles. The van der Waals surface area contributed by atoms with Crippen molar-refractivity contribution in [3.05, 3.63) is 75.2 Å². The lowest BCUT2D eigenvalue weighted by Crippen LogP contribution is -2.36. The molecule has 0 aliphatic carbocycles. The molecule has 0 spiro atoms. The largest absolute Gasteiger partial charge is 0.497 e. The zero-order chi connectivity index (χ0) is 20.8. The maximum absolute atomic E-state index is 13.0. The summed E-state index contributed by atoms with van der Waals surface area (Å²) >= 11 is 7.49. The number of thiazole rings is 1. The molecule has 1 amide bonds. The van der Waals surface area contributed by atoms with Gasteiger partial charge in [0.25, 0.3) is 5.91 Å². The van der Waals surface area contributed by atoms with Gasteiger partial charge in [-0.05, 0) is 50.2 Å². The van der Waals surface area contributed by atoms with Crippen molar-refractivity contribution in [1.82, 2.24) is 9.88 Å². The number of amides is 1. The molecule has 1 heterocycles. The molecule has 0 unspecified atom stereocenters. The van der Waals surface area contributed by atoms with E-state index in [1.165, 1.54) is 11.3 Å². The van der Waals surface area contributed by atoms with Gasteiger partial charge in [0.15, 0.2) is 0 Å². The third-order valence-electron chi connectivity index (χ3n) is 4.29. The molecule has 3 aromatic rings. The first-order valence-corrected chi connectivity index (χ1v) is 10.5. The van der Waals surface area contributed by atoms with Gasteiger partial charge in [-0.3, -0.25) is 4.79 Å². The van der Waals surface area contributed by atoms with Crippen molar-refractivity contribution >= 4 is 28.8 Å². The number of carbonyl (C=O) groups excluding carboxylic acids is 1. The highest BCUT2D eigenvalue weighted by molar-refractivity contribution is 7.09. The molecular formula is C22H23ClN2O3S. The monoisotopic (exact) mass is 430 g/mol. The lowest BCUT2D eigenvalue weighted by atomic mass is 10.1. The molecule has 0 saturated carbocycles. The van der Waals surface area contributed by atoms with Gasteiger partial charge in [0.05, 0.1) is 19.3 Å². The van der Waals surface area contributed by atoms with Crippen LogP contribution in [0.1, 0.15) is 34.9 Å². The van der Waals surface area contributed by atoms with Crippen molar-refractivity contribution in [2.75, 3.05) is 7.11 Å². The Kier molecular flexibility index (Phi) is 7.12. The van der Waals surface area contributed by atoms with Crippen molar-refractivity contribution in [2.45, 2.75) is 33.0 Å². The quantitative estimate of drug-likeness (QED) is 0.477. The summed E-state index contributed by atoms with van der Waals surface area (Å²) in [5.41, 5.74) is 1.43. The van der Waals surface area contributed by atoms with Crippen LogP contribution < -0.4 is 9.47 Å². The number of hydrogen-bond acceptors (Lipinski definition) is 5. The molecule has 0 fully saturated rings. The molecule has 3 rings (SSSR count). The second kappa shape index (κ2) is 9.76. The molecule has 0 bridgehead atoms. The van der Waals surface area contributed by atoms with E-state index in [4.69, 9.17) is 21.1 Å². The number of nitrogens with zero attached hydrogens (tertiary/aromatic N) is 2. The fourth-order valence-electron chi connectivity index (χ4n) is 2.78. The van der Waals surface area contributed by atoms with E-state index in [2.05, 4.69) is 4.98 Å². The van der Waals surface area contributed by atoms with Crippen LogP contribution >= 0.6 is 22.9 Å². The van der Waals surface area contributed by atoms with E-state index in [9.17, 15) is 4.79 Å². The van der Waals surface area contributed by atoms with Crippen LogP contribution in [0.3, 0.4) is 0 Å². The molecule has 0 aliphatic rings. The van der Waals surface area contributed by atoms with Crippen LogP contribution in [0.15, 0.2) is 53.9 Å². The third-order valence-corrected chi connectivity index (χ3v) is 5.40. The van der Waals surface area contributed by atoms with Gasteiger partial charge in [-0.1, -0.05) is 23.7 Å². The number of rotatable bonds is 8. The number of aromatic nitrogens is 1. The first-order valence-electron chi connectivity index (χ1n) is 9.23. The second-order valence-electron chi connectivity index (χ2n) is 6.74. The van der Waals surface area contributed by atoms with E-state index < -0.39 is 0 Å². The number of methoxy groups -OCH3 is 1. The van der Waals surface area contributed by atoms with E-state index in [0.717, 1.165) is 10.7 Å². The van der Waals surface area contributed by atoms with Crippen LogP contribution in [0.25, 0.3) is 0 Å². The maximum atomic E-state index is 13.0. The highest BCUT2D eigenvalue weighted by Gasteiger charge is 2.21. The highest BCUT2D eigenvalue weighted by atomic mass is 35.5. The predicted molar refractivity (Wildman–Crippen MR) is 116 cm³/mol. The summed E-state index contributed by atoms with van der Waals surface area (Å²) in [6, 6.07) is 14.5. The first-order chi connectivity index (χ1) is 14.0. The van der Waals surface area contributed by atoms with Crippen molar-refractivity contribution in [3.8, 4) is 11.5 Å². The van der Waals surface area contributed by atoms with Gasteiger partial charge in [-0.25, -0.2) is 4.98 Å². The maximum Gasteiger partial charge on any atom is 0.254 e. The minimum atomic E-state index is -0.0522. The molecule has 2 aromatic carbocycles. The number of benzene rings is 2. The van der Waals surface area contributed by atoms with E-state index in [1.54, 1.807) is 36.3 Å². The normalized spacial score (nSPS) is 10.8. The molecule has 29 heavy (non-hydrogen) atoms. The Morgan fingerprint density at radius 2 is 1.93 bits per heavy atom. The zero-order valence-electron chi connectivity index (χ0n) is 16.6. The number of ether oxygens (including phenoxy) is 2. The zero-order valence-corrected chi connectivity index (χ0v) is 18.2. The Morgan fingerprint density at radius 3 is 2.66 bits per heavy atom. The lowest BCUT2D eigenvalue weighted by molar-refractivity contribution is 0.0687. The van der Waals surface area contributed by atoms with Gasteiger partial charge in [0.1, 0.15) is 23.1 Å². The van der Waals surface area contributed by atoms with Gasteiger partial charge < -0.3 is 14.4 Å². The summed E-state index contributed by atoms with van der Waals surface area (Å²) in [6.45, 7) is 4.78. The van der Waals surface area contributed by atoms with Crippen LogP contribution in [0.2, 0.25) is 5.02 Å². The van der Waals surface area contributed by atoms with Gasteiger partial charge in [-0.2, -0.15) is 0 Å². The highest BCUT2D eigenvalue weighted by Crippen LogP contribution is 2.21. The van der Waals surface area contributed by atoms with Gasteiger partial charge in [0, 0.05) is 22.0 Å². The van der Waals surface area contributed by atoms with Gasteiger partial charge in [0.2, 0.25) is 0 Å². The second-order valence-corrected chi connectivity index (χ2v) is 8.12. The van der Waals surface area contributed by atoms with E-state index in [-0.39, 0.29) is 11.9 Å². The summed E-state index contributed by atoms with van der Waals surface area (Å²) in [5, 5.41) is 3.44. The molecule has 152 valence electrons. The summed E-state index contributed by atoms with van der Waals surface area (Å²) in [4.78, 5) is 19.4. The number of carbonyl (C=O) groups is 1. The van der Waals surface area contributed by atoms with Gasteiger partial charge in [-0.15, -0.1) is 11.3 Å². The summed E-state index contributed by atoms with van der Waals surface area (Å²) in [6.07, 6.45) is 0. The van der Waals surface area contributed by atoms with Crippen LogP contribution in [0.5, 0.6) is 11.5 Å². The van der Waals surface area contributed by atoms with Gasteiger partial charge >= 0.3 is 0 Å². The first kappa shape index (κ1) is 21.1. The average molecular weight is 431 g/mol. The van der Waals surface area contributed by atoms with E-state index >= 15 is 0 Å². The Hall–Kier alpha value is -2.57. The molecule has 0 radical (unpaired) electrons. The Morgan fingerprint density at radius 1 is 1.17 bits per heavy atom. The van der Waals surface area contributed by atoms with E-state index in [1.807, 2.05) is 43.5 Å². The van der Waals surface area contributed by atoms with Crippen molar-refractivity contribution in [1.29, 1.82) is 0 Å².